The van der Waals surface area contributed by atoms with Crippen molar-refractivity contribution < 1.29 is 14.3 Å². The van der Waals surface area contributed by atoms with Crippen LogP contribution in [-0.2, 0) is 20.9 Å². The average Bonchev–Trinajstić information content (AvgIpc) is 2.51. The van der Waals surface area contributed by atoms with Crippen LogP contribution >= 0.6 is 0 Å². The molecule has 0 spiro atoms. The number of carbonyl (C=O) groups is 2. The predicted octanol–water partition coefficient (Wildman–Crippen LogP) is 1.97. The van der Waals surface area contributed by atoms with Gasteiger partial charge in [0, 0.05) is 25.6 Å². The summed E-state index contributed by atoms with van der Waals surface area (Å²) in [4.78, 5) is 25.1. The molecule has 0 saturated heterocycles. The van der Waals surface area contributed by atoms with Crippen molar-refractivity contribution in [3.63, 3.8) is 0 Å². The minimum Gasteiger partial charge on any atom is -0.469 e. The number of nitrogens with zero attached hydrogens (tertiary/aromatic N) is 1. The number of amides is 1. The van der Waals surface area contributed by atoms with E-state index in [-0.39, 0.29) is 17.9 Å². The van der Waals surface area contributed by atoms with Crippen molar-refractivity contribution in [2.24, 2.45) is 0 Å². The Hall–Kier alpha value is -1.88. The van der Waals surface area contributed by atoms with Gasteiger partial charge in [0.1, 0.15) is 0 Å². The number of hydrogen-bond donors (Lipinski definition) is 1. The quantitative estimate of drug-likeness (QED) is 0.560. The van der Waals surface area contributed by atoms with Crippen LogP contribution in [0.4, 0.5) is 0 Å². The molecule has 0 radical (unpaired) electrons. The molecule has 1 rings (SSSR count). The zero-order valence-electron chi connectivity index (χ0n) is 13.7. The summed E-state index contributed by atoms with van der Waals surface area (Å²) in [6, 6.07) is 10.4. The smallest absolute Gasteiger partial charge is 0.305 e. The third-order valence-corrected chi connectivity index (χ3v) is 3.41. The van der Waals surface area contributed by atoms with Gasteiger partial charge < -0.3 is 10.1 Å². The van der Waals surface area contributed by atoms with Crippen LogP contribution < -0.4 is 5.32 Å². The van der Waals surface area contributed by atoms with Gasteiger partial charge in [-0.05, 0) is 25.8 Å². The molecule has 1 amide bonds. The largest absolute Gasteiger partial charge is 0.469 e. The van der Waals surface area contributed by atoms with Crippen molar-refractivity contribution in [2.45, 2.75) is 39.3 Å². The van der Waals surface area contributed by atoms with Crippen LogP contribution in [0.1, 0.15) is 32.3 Å². The number of rotatable bonds is 9. The van der Waals surface area contributed by atoms with Crippen LogP contribution in [0.3, 0.4) is 0 Å². The van der Waals surface area contributed by atoms with E-state index in [9.17, 15) is 9.59 Å². The molecule has 0 bridgehead atoms. The van der Waals surface area contributed by atoms with E-state index in [4.69, 9.17) is 0 Å². The van der Waals surface area contributed by atoms with E-state index in [1.807, 2.05) is 18.2 Å². The van der Waals surface area contributed by atoms with Crippen LogP contribution in [0.25, 0.3) is 0 Å². The van der Waals surface area contributed by atoms with Gasteiger partial charge in [-0.25, -0.2) is 0 Å². The molecule has 1 aromatic carbocycles. The van der Waals surface area contributed by atoms with Gasteiger partial charge in [-0.15, -0.1) is 0 Å². The van der Waals surface area contributed by atoms with Crippen molar-refractivity contribution in [1.29, 1.82) is 0 Å². The van der Waals surface area contributed by atoms with Crippen LogP contribution in [-0.4, -0.2) is 43.0 Å². The number of nitrogens with one attached hydrogen (secondary N) is 1. The third kappa shape index (κ3) is 7.22. The first-order valence-electron chi connectivity index (χ1n) is 7.64. The summed E-state index contributed by atoms with van der Waals surface area (Å²) < 4.78 is 4.56. The second-order valence-corrected chi connectivity index (χ2v) is 5.51. The van der Waals surface area contributed by atoms with Gasteiger partial charge in [0.2, 0.25) is 5.91 Å². The first-order chi connectivity index (χ1) is 10.5. The minimum absolute atomic E-state index is 0.0190. The first kappa shape index (κ1) is 18.2. The van der Waals surface area contributed by atoms with Crippen LogP contribution in [0.15, 0.2) is 30.3 Å². The summed E-state index contributed by atoms with van der Waals surface area (Å²) >= 11 is 0. The Bertz CT molecular complexity index is 460. The summed E-state index contributed by atoms with van der Waals surface area (Å²) in [5.74, 6) is -0.267. The zero-order valence-corrected chi connectivity index (χ0v) is 13.7. The average molecular weight is 306 g/mol. The van der Waals surface area contributed by atoms with Crippen LogP contribution in [0, 0.1) is 0 Å². The molecule has 5 nitrogen and oxygen atoms in total. The fourth-order valence-electron chi connectivity index (χ4n) is 2.04. The second-order valence-electron chi connectivity index (χ2n) is 5.51. The standard InChI is InChI=1S/C17H26N2O3/c1-14(2)19(12-15-8-5-4-6-9-15)13-16(20)18-11-7-10-17(21)22-3/h4-6,8-9,14H,7,10-13H2,1-3H3,(H,18,20). The van der Waals surface area contributed by atoms with Gasteiger partial charge in [0.15, 0.2) is 0 Å². The fourth-order valence-corrected chi connectivity index (χ4v) is 2.04. The molecule has 22 heavy (non-hydrogen) atoms. The van der Waals surface area contributed by atoms with Crippen molar-refractivity contribution in [2.75, 3.05) is 20.2 Å². The molecule has 0 aromatic heterocycles. The summed E-state index contributed by atoms with van der Waals surface area (Å²) in [6.45, 7) is 5.74. The number of ether oxygens (including phenoxy) is 1. The fraction of sp³-hybridized carbons (Fsp3) is 0.529. The van der Waals surface area contributed by atoms with Crippen molar-refractivity contribution >= 4 is 11.9 Å². The van der Waals surface area contributed by atoms with Gasteiger partial charge in [-0.1, -0.05) is 30.3 Å². The van der Waals surface area contributed by atoms with Crippen molar-refractivity contribution in [1.82, 2.24) is 10.2 Å². The topological polar surface area (TPSA) is 58.6 Å². The highest BCUT2D eigenvalue weighted by molar-refractivity contribution is 5.78. The summed E-state index contributed by atoms with van der Waals surface area (Å²) in [6.07, 6.45) is 0.924. The monoisotopic (exact) mass is 306 g/mol. The molecule has 0 aliphatic heterocycles. The number of benzene rings is 1. The van der Waals surface area contributed by atoms with E-state index < -0.39 is 0 Å². The lowest BCUT2D eigenvalue weighted by atomic mass is 10.2. The maximum absolute atomic E-state index is 12.0. The summed E-state index contributed by atoms with van der Waals surface area (Å²) in [7, 11) is 1.37. The van der Waals surface area contributed by atoms with Crippen molar-refractivity contribution in [3.8, 4) is 0 Å². The van der Waals surface area contributed by atoms with E-state index in [0.29, 0.717) is 25.9 Å². The van der Waals surface area contributed by atoms with Gasteiger partial charge in [-0.3, -0.25) is 14.5 Å². The Balaban J connectivity index is 2.36. The second kappa shape index (κ2) is 9.95. The van der Waals surface area contributed by atoms with E-state index >= 15 is 0 Å². The van der Waals surface area contributed by atoms with Crippen molar-refractivity contribution in [3.05, 3.63) is 35.9 Å². The molecule has 5 heteroatoms. The lowest BCUT2D eigenvalue weighted by Gasteiger charge is -2.25. The molecule has 122 valence electrons. The number of carbonyl (C=O) groups excluding carboxylic acids is 2. The highest BCUT2D eigenvalue weighted by Gasteiger charge is 2.14. The Morgan fingerprint density at radius 2 is 1.91 bits per heavy atom. The Labute approximate surface area is 132 Å². The molecule has 0 aliphatic carbocycles. The summed E-state index contributed by atoms with van der Waals surface area (Å²) in [5.41, 5.74) is 1.19. The molecular weight excluding hydrogens is 280 g/mol. The molecule has 1 aromatic rings. The Morgan fingerprint density at radius 1 is 1.23 bits per heavy atom. The van der Waals surface area contributed by atoms with E-state index in [1.165, 1.54) is 12.7 Å². The first-order valence-corrected chi connectivity index (χ1v) is 7.64. The normalized spacial score (nSPS) is 10.8. The zero-order chi connectivity index (χ0) is 16.4. The highest BCUT2D eigenvalue weighted by Crippen LogP contribution is 2.07. The number of hydrogen-bond acceptors (Lipinski definition) is 4. The van der Waals surface area contributed by atoms with Crippen LogP contribution in [0.2, 0.25) is 0 Å². The lowest BCUT2D eigenvalue weighted by molar-refractivity contribution is -0.140. The molecule has 1 N–H and O–H groups in total. The minimum atomic E-state index is -0.248. The number of methoxy groups -OCH3 is 1. The molecule has 0 saturated carbocycles. The Morgan fingerprint density at radius 3 is 2.50 bits per heavy atom. The third-order valence-electron chi connectivity index (χ3n) is 3.41. The van der Waals surface area contributed by atoms with Crippen LogP contribution in [0.5, 0.6) is 0 Å². The van der Waals surface area contributed by atoms with Gasteiger partial charge in [-0.2, -0.15) is 0 Å². The molecule has 0 fully saturated rings. The maximum atomic E-state index is 12.0. The lowest BCUT2D eigenvalue weighted by Crippen LogP contribution is -2.40. The SMILES string of the molecule is COC(=O)CCCNC(=O)CN(Cc1ccccc1)C(C)C. The van der Waals surface area contributed by atoms with Gasteiger partial charge in [0.05, 0.1) is 13.7 Å². The van der Waals surface area contributed by atoms with E-state index in [2.05, 4.69) is 40.9 Å². The van der Waals surface area contributed by atoms with E-state index in [1.54, 1.807) is 0 Å². The maximum Gasteiger partial charge on any atom is 0.305 e. The molecule has 0 unspecified atom stereocenters. The molecular formula is C17H26N2O3. The molecule has 0 atom stereocenters. The molecule has 0 heterocycles. The predicted molar refractivity (Wildman–Crippen MR) is 86.2 cm³/mol. The Kier molecular flexibility index (Phi) is 8.22. The van der Waals surface area contributed by atoms with Gasteiger partial charge >= 0.3 is 5.97 Å². The number of esters is 1. The summed E-state index contributed by atoms with van der Waals surface area (Å²) in [5, 5.41) is 2.84. The molecule has 0 aliphatic rings. The van der Waals surface area contributed by atoms with Gasteiger partial charge in [0.25, 0.3) is 0 Å². The van der Waals surface area contributed by atoms with E-state index in [0.717, 1.165) is 6.54 Å². The highest BCUT2D eigenvalue weighted by atomic mass is 16.5.